The second-order valence-corrected chi connectivity index (χ2v) is 4.53. The lowest BCUT2D eigenvalue weighted by molar-refractivity contribution is -0.120. The van der Waals surface area contributed by atoms with Crippen LogP contribution in [0.1, 0.15) is 12.8 Å². The van der Waals surface area contributed by atoms with Gasteiger partial charge in [-0.25, -0.2) is 0 Å². The van der Waals surface area contributed by atoms with Gasteiger partial charge in [-0.05, 0) is 24.9 Å². The topological polar surface area (TPSA) is 62.7 Å². The Hall–Kier alpha value is -0.750. The molecule has 1 heterocycles. The standard InChI is InChI=1S/C10H19N3O2S/c1-15-6-5-11-10-12-8(9(14)13-10)4-3-7-16-2/h8H,3-7H2,1-2H3,(H2,11,12,13,14). The predicted molar refractivity (Wildman–Crippen MR) is 66.9 cm³/mol. The molecule has 0 aromatic heterocycles. The van der Waals surface area contributed by atoms with Crippen LogP contribution in [0.2, 0.25) is 0 Å². The van der Waals surface area contributed by atoms with Gasteiger partial charge in [0, 0.05) is 7.11 Å². The molecule has 1 amide bonds. The summed E-state index contributed by atoms with van der Waals surface area (Å²) < 4.78 is 4.88. The number of hydrogen-bond acceptors (Lipinski definition) is 4. The smallest absolute Gasteiger partial charge is 0.249 e. The van der Waals surface area contributed by atoms with Crippen LogP contribution in [0, 0.1) is 0 Å². The second kappa shape index (κ2) is 7.51. The number of rotatable bonds is 7. The van der Waals surface area contributed by atoms with Crippen molar-refractivity contribution in [3.05, 3.63) is 0 Å². The molecule has 16 heavy (non-hydrogen) atoms. The second-order valence-electron chi connectivity index (χ2n) is 3.54. The van der Waals surface area contributed by atoms with Crippen molar-refractivity contribution in [1.82, 2.24) is 10.6 Å². The number of nitrogens with zero attached hydrogens (tertiary/aromatic N) is 1. The van der Waals surface area contributed by atoms with E-state index >= 15 is 0 Å². The van der Waals surface area contributed by atoms with Gasteiger partial charge in [0.05, 0.1) is 13.2 Å². The van der Waals surface area contributed by atoms with E-state index in [1.807, 2.05) is 0 Å². The van der Waals surface area contributed by atoms with Crippen molar-refractivity contribution in [1.29, 1.82) is 0 Å². The number of ether oxygens (including phenoxy) is 1. The zero-order chi connectivity index (χ0) is 11.8. The molecule has 2 N–H and O–H groups in total. The highest BCUT2D eigenvalue weighted by molar-refractivity contribution is 7.98. The van der Waals surface area contributed by atoms with Gasteiger partial charge in [0.25, 0.3) is 0 Å². The molecule has 0 saturated carbocycles. The summed E-state index contributed by atoms with van der Waals surface area (Å²) in [5, 5.41) is 5.81. The molecule has 1 aliphatic rings. The first-order valence-corrected chi connectivity index (χ1v) is 6.77. The van der Waals surface area contributed by atoms with Crippen LogP contribution >= 0.6 is 11.8 Å². The van der Waals surface area contributed by atoms with Gasteiger partial charge in [-0.3, -0.25) is 15.1 Å². The van der Waals surface area contributed by atoms with Crippen LogP contribution in [0.25, 0.3) is 0 Å². The third kappa shape index (κ3) is 4.40. The molecule has 0 aliphatic carbocycles. The van der Waals surface area contributed by atoms with Crippen LogP contribution in [0.15, 0.2) is 4.99 Å². The number of carbonyl (C=O) groups excluding carboxylic acids is 1. The highest BCUT2D eigenvalue weighted by atomic mass is 32.2. The maximum absolute atomic E-state index is 11.5. The molecule has 0 spiro atoms. The van der Waals surface area contributed by atoms with E-state index < -0.39 is 0 Å². The molecule has 92 valence electrons. The Balaban J connectivity index is 2.29. The number of nitrogens with one attached hydrogen (secondary N) is 2. The number of amides is 1. The first-order chi connectivity index (χ1) is 7.77. The maximum Gasteiger partial charge on any atom is 0.249 e. The lowest BCUT2D eigenvalue weighted by Crippen LogP contribution is -2.29. The van der Waals surface area contributed by atoms with E-state index in [4.69, 9.17) is 4.74 Å². The number of methoxy groups -OCH3 is 1. The van der Waals surface area contributed by atoms with Crippen molar-refractivity contribution >= 4 is 23.6 Å². The molecule has 6 heteroatoms. The summed E-state index contributed by atoms with van der Waals surface area (Å²) in [5.41, 5.74) is 0. The summed E-state index contributed by atoms with van der Waals surface area (Å²) >= 11 is 1.80. The number of aliphatic imine (C=N–C) groups is 1. The molecule has 1 fully saturated rings. The fourth-order valence-corrected chi connectivity index (χ4v) is 1.89. The largest absolute Gasteiger partial charge is 0.383 e. The van der Waals surface area contributed by atoms with Crippen molar-refractivity contribution in [2.24, 2.45) is 4.99 Å². The first-order valence-electron chi connectivity index (χ1n) is 5.37. The zero-order valence-corrected chi connectivity index (χ0v) is 10.6. The highest BCUT2D eigenvalue weighted by Gasteiger charge is 2.27. The lowest BCUT2D eigenvalue weighted by Gasteiger charge is -2.06. The van der Waals surface area contributed by atoms with E-state index in [-0.39, 0.29) is 11.9 Å². The van der Waals surface area contributed by atoms with E-state index in [0.717, 1.165) is 18.6 Å². The van der Waals surface area contributed by atoms with Gasteiger partial charge in [-0.15, -0.1) is 0 Å². The first kappa shape index (κ1) is 13.3. The van der Waals surface area contributed by atoms with Gasteiger partial charge in [0.1, 0.15) is 6.04 Å². The number of hydrogen-bond donors (Lipinski definition) is 2. The Morgan fingerprint density at radius 2 is 2.38 bits per heavy atom. The van der Waals surface area contributed by atoms with Gasteiger partial charge < -0.3 is 10.1 Å². The Morgan fingerprint density at radius 3 is 3.06 bits per heavy atom. The molecule has 1 unspecified atom stereocenters. The molecular formula is C10H19N3O2S. The van der Waals surface area contributed by atoms with Gasteiger partial charge in [-0.1, -0.05) is 0 Å². The quantitative estimate of drug-likeness (QED) is 0.630. The molecule has 1 atom stereocenters. The van der Waals surface area contributed by atoms with Gasteiger partial charge in [0.15, 0.2) is 5.96 Å². The summed E-state index contributed by atoms with van der Waals surface area (Å²) in [5.74, 6) is 1.69. The van der Waals surface area contributed by atoms with E-state index in [0.29, 0.717) is 19.1 Å². The minimum atomic E-state index is -0.117. The van der Waals surface area contributed by atoms with Crippen molar-refractivity contribution in [3.63, 3.8) is 0 Å². The minimum Gasteiger partial charge on any atom is -0.383 e. The van der Waals surface area contributed by atoms with Gasteiger partial charge in [0.2, 0.25) is 5.91 Å². The van der Waals surface area contributed by atoms with E-state index in [9.17, 15) is 4.79 Å². The summed E-state index contributed by atoms with van der Waals surface area (Å²) in [4.78, 5) is 15.7. The highest BCUT2D eigenvalue weighted by Crippen LogP contribution is 2.06. The number of thioether (sulfide) groups is 1. The fourth-order valence-electron chi connectivity index (χ4n) is 1.44. The van der Waals surface area contributed by atoms with Crippen LogP contribution in [0.4, 0.5) is 0 Å². The van der Waals surface area contributed by atoms with E-state index in [2.05, 4.69) is 21.9 Å². The van der Waals surface area contributed by atoms with Crippen LogP contribution in [0.3, 0.4) is 0 Å². The summed E-state index contributed by atoms with van der Waals surface area (Å²) in [6.07, 6.45) is 3.97. The normalized spacial score (nSPS) is 22.2. The average molecular weight is 245 g/mol. The Kier molecular flexibility index (Phi) is 6.25. The third-order valence-corrected chi connectivity index (χ3v) is 2.97. The van der Waals surface area contributed by atoms with Crippen LogP contribution < -0.4 is 10.6 Å². The Morgan fingerprint density at radius 1 is 1.56 bits per heavy atom. The van der Waals surface area contributed by atoms with E-state index in [1.165, 1.54) is 0 Å². The maximum atomic E-state index is 11.5. The van der Waals surface area contributed by atoms with Crippen LogP contribution in [-0.4, -0.2) is 50.2 Å². The van der Waals surface area contributed by atoms with Gasteiger partial charge >= 0.3 is 0 Å². The van der Waals surface area contributed by atoms with Crippen LogP contribution in [0.5, 0.6) is 0 Å². The number of carbonyl (C=O) groups is 1. The summed E-state index contributed by atoms with van der Waals surface area (Å²) in [7, 11) is 1.63. The zero-order valence-electron chi connectivity index (χ0n) is 9.78. The SMILES string of the molecule is COCCN=C1NC(=O)C(CCCSC)N1. The molecule has 1 rings (SSSR count). The lowest BCUT2D eigenvalue weighted by atomic mass is 10.2. The molecular weight excluding hydrogens is 226 g/mol. The van der Waals surface area contributed by atoms with Crippen molar-refractivity contribution in [3.8, 4) is 0 Å². The summed E-state index contributed by atoms with van der Waals surface area (Å²) in [6, 6.07) is -0.117. The average Bonchev–Trinajstić information content (AvgIpc) is 2.61. The molecule has 1 aliphatic heterocycles. The molecule has 0 bridgehead atoms. The Bertz CT molecular complexity index is 258. The number of guanidine groups is 1. The van der Waals surface area contributed by atoms with Crippen molar-refractivity contribution < 1.29 is 9.53 Å². The molecule has 0 aromatic carbocycles. The van der Waals surface area contributed by atoms with Crippen LogP contribution in [-0.2, 0) is 9.53 Å². The predicted octanol–water partition coefficient (Wildman–Crippen LogP) is 0.220. The van der Waals surface area contributed by atoms with Crippen molar-refractivity contribution in [2.75, 3.05) is 32.3 Å². The minimum absolute atomic E-state index is 0.0252. The van der Waals surface area contributed by atoms with Crippen molar-refractivity contribution in [2.45, 2.75) is 18.9 Å². The van der Waals surface area contributed by atoms with Gasteiger partial charge in [-0.2, -0.15) is 11.8 Å². The summed E-state index contributed by atoms with van der Waals surface area (Å²) in [6.45, 7) is 1.13. The molecule has 5 nitrogen and oxygen atoms in total. The molecule has 0 radical (unpaired) electrons. The Labute approximate surface area is 100 Å². The third-order valence-electron chi connectivity index (χ3n) is 2.28. The molecule has 1 saturated heterocycles. The molecule has 0 aromatic rings. The monoisotopic (exact) mass is 245 g/mol. The fraction of sp³-hybridized carbons (Fsp3) is 0.800. The van der Waals surface area contributed by atoms with E-state index in [1.54, 1.807) is 18.9 Å².